The molecule has 2 heteroatoms. The molecule has 0 radical (unpaired) electrons. The Hall–Kier alpha value is -5.86. The Balaban J connectivity index is 1.27. The van der Waals surface area contributed by atoms with Crippen LogP contribution in [0.15, 0.2) is 170 Å². The van der Waals surface area contributed by atoms with Gasteiger partial charge < -0.3 is 0 Å². The number of Topliss-reactive ketones (excluding diaryl/α,β-unsaturated/α-hetero) is 2. The van der Waals surface area contributed by atoms with Gasteiger partial charge in [-0.1, -0.05) is 170 Å². The fourth-order valence-electron chi connectivity index (χ4n) is 5.16. The van der Waals surface area contributed by atoms with Crippen molar-refractivity contribution in [3.63, 3.8) is 0 Å². The number of hydrogen-bond acceptors (Lipinski definition) is 2. The molecular formula is C42H30O2. The van der Waals surface area contributed by atoms with E-state index in [1.165, 1.54) is 0 Å². The summed E-state index contributed by atoms with van der Waals surface area (Å²) < 4.78 is 0. The van der Waals surface area contributed by atoms with Crippen LogP contribution in [0.1, 0.15) is 43.0 Å². The molecule has 0 bridgehead atoms. The monoisotopic (exact) mass is 566 g/mol. The molecule has 0 aliphatic heterocycles. The lowest BCUT2D eigenvalue weighted by Crippen LogP contribution is -2.02. The van der Waals surface area contributed by atoms with Crippen molar-refractivity contribution in [2.45, 2.75) is 0 Å². The number of carbonyl (C=O) groups excluding carboxylic acids is 2. The minimum atomic E-state index is -0.00913. The lowest BCUT2D eigenvalue weighted by molar-refractivity contribution is 0.104. The minimum Gasteiger partial charge on any atom is -0.289 e. The molecule has 6 aromatic rings. The van der Waals surface area contributed by atoms with E-state index in [0.717, 1.165) is 33.4 Å². The summed E-state index contributed by atoms with van der Waals surface area (Å²) in [6.45, 7) is 0. The SMILES string of the molecule is O=C(/C(=C/c1ccc(-c2ccc(/C=C(/C(=O)c3ccccc3)c3ccccc3)cc2)cc1)c1ccccc1)c1ccccc1. The Morgan fingerprint density at radius 3 is 0.886 bits per heavy atom. The van der Waals surface area contributed by atoms with Gasteiger partial charge in [-0.3, -0.25) is 9.59 Å². The van der Waals surface area contributed by atoms with Crippen LogP contribution in [-0.4, -0.2) is 11.6 Å². The van der Waals surface area contributed by atoms with Gasteiger partial charge in [0.05, 0.1) is 0 Å². The van der Waals surface area contributed by atoms with Gasteiger partial charge in [-0.2, -0.15) is 0 Å². The first-order chi connectivity index (χ1) is 21.7. The third-order valence-electron chi connectivity index (χ3n) is 7.51. The van der Waals surface area contributed by atoms with E-state index in [9.17, 15) is 9.59 Å². The van der Waals surface area contributed by atoms with Gasteiger partial charge in [0, 0.05) is 22.3 Å². The predicted molar refractivity (Wildman–Crippen MR) is 182 cm³/mol. The maximum absolute atomic E-state index is 13.5. The third kappa shape index (κ3) is 6.61. The molecule has 0 unspecified atom stereocenters. The second kappa shape index (κ2) is 13.4. The molecule has 44 heavy (non-hydrogen) atoms. The van der Waals surface area contributed by atoms with Crippen LogP contribution in [0.2, 0.25) is 0 Å². The molecule has 0 saturated carbocycles. The number of allylic oxidation sites excluding steroid dienone is 2. The largest absolute Gasteiger partial charge is 0.289 e. The molecule has 6 aromatic carbocycles. The van der Waals surface area contributed by atoms with E-state index in [0.29, 0.717) is 22.3 Å². The van der Waals surface area contributed by atoms with E-state index in [1.54, 1.807) is 0 Å². The van der Waals surface area contributed by atoms with Crippen molar-refractivity contribution in [2.24, 2.45) is 0 Å². The van der Waals surface area contributed by atoms with E-state index >= 15 is 0 Å². The summed E-state index contributed by atoms with van der Waals surface area (Å²) in [6, 6.07) is 54.8. The zero-order chi connectivity index (χ0) is 30.1. The van der Waals surface area contributed by atoms with E-state index in [1.807, 2.05) is 158 Å². The highest BCUT2D eigenvalue weighted by atomic mass is 16.1. The smallest absolute Gasteiger partial charge is 0.193 e. The number of ketones is 2. The van der Waals surface area contributed by atoms with Crippen molar-refractivity contribution < 1.29 is 9.59 Å². The molecule has 0 N–H and O–H groups in total. The molecule has 0 aliphatic carbocycles. The summed E-state index contributed by atoms with van der Waals surface area (Å²) in [7, 11) is 0. The summed E-state index contributed by atoms with van der Waals surface area (Å²) in [4.78, 5) is 26.9. The Bertz CT molecular complexity index is 1770. The van der Waals surface area contributed by atoms with Crippen molar-refractivity contribution >= 4 is 34.9 Å². The quantitative estimate of drug-likeness (QED) is 0.0991. The topological polar surface area (TPSA) is 34.1 Å². The Kier molecular flexibility index (Phi) is 8.62. The van der Waals surface area contributed by atoms with Crippen molar-refractivity contribution in [3.05, 3.63) is 203 Å². The molecular weight excluding hydrogens is 536 g/mol. The molecule has 6 rings (SSSR count). The van der Waals surface area contributed by atoms with Gasteiger partial charge >= 0.3 is 0 Å². The van der Waals surface area contributed by atoms with Crippen LogP contribution in [0.3, 0.4) is 0 Å². The molecule has 0 fully saturated rings. The Morgan fingerprint density at radius 2 is 0.591 bits per heavy atom. The summed E-state index contributed by atoms with van der Waals surface area (Å²) >= 11 is 0. The average molecular weight is 567 g/mol. The van der Waals surface area contributed by atoms with Crippen LogP contribution in [0.25, 0.3) is 34.4 Å². The number of carbonyl (C=O) groups is 2. The zero-order valence-electron chi connectivity index (χ0n) is 24.1. The van der Waals surface area contributed by atoms with E-state index in [4.69, 9.17) is 0 Å². The molecule has 0 amide bonds. The predicted octanol–water partition coefficient (Wildman–Crippen LogP) is 10.2. The van der Waals surface area contributed by atoms with Crippen molar-refractivity contribution in [3.8, 4) is 11.1 Å². The zero-order valence-corrected chi connectivity index (χ0v) is 24.1. The van der Waals surface area contributed by atoms with E-state index in [-0.39, 0.29) is 11.6 Å². The van der Waals surface area contributed by atoms with Gasteiger partial charge in [0.1, 0.15) is 0 Å². The molecule has 0 aromatic heterocycles. The maximum Gasteiger partial charge on any atom is 0.193 e. The second-order valence-electron chi connectivity index (χ2n) is 10.5. The molecule has 0 spiro atoms. The average Bonchev–Trinajstić information content (AvgIpc) is 3.11. The van der Waals surface area contributed by atoms with Gasteiger partial charge in [0.2, 0.25) is 0 Å². The van der Waals surface area contributed by atoms with Crippen LogP contribution in [0.4, 0.5) is 0 Å². The van der Waals surface area contributed by atoms with Gasteiger partial charge in [-0.25, -0.2) is 0 Å². The molecule has 210 valence electrons. The number of hydrogen-bond donors (Lipinski definition) is 0. The first-order valence-corrected chi connectivity index (χ1v) is 14.6. The lowest BCUT2D eigenvalue weighted by atomic mass is 9.93. The van der Waals surface area contributed by atoms with Gasteiger partial charge in [-0.05, 0) is 45.5 Å². The summed E-state index contributed by atoms with van der Waals surface area (Å²) in [5, 5.41) is 0. The highest BCUT2D eigenvalue weighted by molar-refractivity contribution is 6.33. The van der Waals surface area contributed by atoms with Crippen molar-refractivity contribution in [1.29, 1.82) is 0 Å². The van der Waals surface area contributed by atoms with Crippen molar-refractivity contribution in [1.82, 2.24) is 0 Å². The van der Waals surface area contributed by atoms with Crippen molar-refractivity contribution in [2.75, 3.05) is 0 Å². The highest BCUT2D eigenvalue weighted by Gasteiger charge is 2.15. The summed E-state index contributed by atoms with van der Waals surface area (Å²) in [6.07, 6.45) is 3.91. The third-order valence-corrected chi connectivity index (χ3v) is 7.51. The van der Waals surface area contributed by atoms with Crippen LogP contribution >= 0.6 is 0 Å². The van der Waals surface area contributed by atoms with E-state index in [2.05, 4.69) is 24.3 Å². The van der Waals surface area contributed by atoms with Crippen LogP contribution < -0.4 is 0 Å². The van der Waals surface area contributed by atoms with E-state index < -0.39 is 0 Å². The molecule has 0 saturated heterocycles. The fourth-order valence-corrected chi connectivity index (χ4v) is 5.16. The first-order valence-electron chi connectivity index (χ1n) is 14.6. The second-order valence-corrected chi connectivity index (χ2v) is 10.5. The van der Waals surface area contributed by atoms with Crippen LogP contribution in [0.5, 0.6) is 0 Å². The normalized spacial score (nSPS) is 11.6. The van der Waals surface area contributed by atoms with Gasteiger partial charge in [0.25, 0.3) is 0 Å². The minimum absolute atomic E-state index is 0.00913. The number of rotatable bonds is 9. The van der Waals surface area contributed by atoms with Gasteiger partial charge in [-0.15, -0.1) is 0 Å². The maximum atomic E-state index is 13.5. The number of benzene rings is 6. The summed E-state index contributed by atoms with van der Waals surface area (Å²) in [5.74, 6) is -0.0183. The Morgan fingerprint density at radius 1 is 0.318 bits per heavy atom. The molecule has 0 heterocycles. The lowest BCUT2D eigenvalue weighted by Gasteiger charge is -2.09. The molecule has 2 nitrogen and oxygen atoms in total. The standard InChI is InChI=1S/C42H30O2/c43-41(37-17-9-3-10-18-37)39(35-13-5-1-6-14-35)29-31-21-25-33(26-22-31)34-27-23-32(24-28-34)30-40(36-15-7-2-8-16-36)42(44)38-19-11-4-12-20-38/h1-30H/b39-29+,40-30+. The summed E-state index contributed by atoms with van der Waals surface area (Å²) in [5.41, 5.74) is 8.42. The van der Waals surface area contributed by atoms with Crippen LogP contribution in [-0.2, 0) is 0 Å². The Labute approximate surface area is 258 Å². The first kappa shape index (κ1) is 28.3. The van der Waals surface area contributed by atoms with Gasteiger partial charge in [0.15, 0.2) is 11.6 Å². The van der Waals surface area contributed by atoms with Crippen LogP contribution in [0, 0.1) is 0 Å². The molecule has 0 atom stereocenters. The molecule has 0 aliphatic rings. The fraction of sp³-hybridized carbons (Fsp3) is 0. The highest BCUT2D eigenvalue weighted by Crippen LogP contribution is 2.27.